The summed E-state index contributed by atoms with van der Waals surface area (Å²) in [4.78, 5) is 26.1. The van der Waals surface area contributed by atoms with E-state index in [0.717, 1.165) is 44.3 Å². The lowest BCUT2D eigenvalue weighted by Gasteiger charge is -2.25. The number of hydrogen-bond acceptors (Lipinski definition) is 5. The van der Waals surface area contributed by atoms with E-state index in [1.54, 1.807) is 18.3 Å². The van der Waals surface area contributed by atoms with Crippen molar-refractivity contribution in [3.8, 4) is 5.75 Å². The second-order valence-corrected chi connectivity index (χ2v) is 7.89. The number of rotatable bonds is 8. The molecule has 158 valence electrons. The van der Waals surface area contributed by atoms with Crippen LogP contribution < -0.4 is 15.5 Å². The quantitative estimate of drug-likeness (QED) is 0.519. The highest BCUT2D eigenvalue weighted by atomic mass is 16.5. The number of ether oxygens (including phenoxy) is 1. The largest absolute Gasteiger partial charge is 0.484 e. The summed E-state index contributed by atoms with van der Waals surface area (Å²) in [6.07, 6.45) is 10.9. The summed E-state index contributed by atoms with van der Waals surface area (Å²) in [7, 11) is 0. The third-order valence-electron chi connectivity index (χ3n) is 5.44. The molecule has 2 amide bonds. The van der Waals surface area contributed by atoms with Gasteiger partial charge in [-0.05, 0) is 68.6 Å². The zero-order valence-corrected chi connectivity index (χ0v) is 17.1. The summed E-state index contributed by atoms with van der Waals surface area (Å²) in [5.74, 6) is 0.473. The van der Waals surface area contributed by atoms with Crippen LogP contribution >= 0.6 is 0 Å². The zero-order chi connectivity index (χ0) is 20.3. The van der Waals surface area contributed by atoms with Crippen LogP contribution in [0.3, 0.4) is 0 Å². The Morgan fingerprint density at radius 1 is 1.00 bits per heavy atom. The van der Waals surface area contributed by atoms with Crippen molar-refractivity contribution in [2.75, 3.05) is 26.2 Å². The fourth-order valence-electron chi connectivity index (χ4n) is 3.85. The van der Waals surface area contributed by atoms with Crippen molar-refractivity contribution in [1.82, 2.24) is 15.6 Å². The van der Waals surface area contributed by atoms with Gasteiger partial charge in [0.05, 0.1) is 12.8 Å². The van der Waals surface area contributed by atoms with Gasteiger partial charge in [0.1, 0.15) is 5.75 Å². The predicted molar refractivity (Wildman–Crippen MR) is 113 cm³/mol. The number of nitrogens with one attached hydrogen (secondary N) is 2. The molecule has 0 unspecified atom stereocenters. The van der Waals surface area contributed by atoms with E-state index in [4.69, 9.17) is 4.74 Å². The number of amides is 2. The van der Waals surface area contributed by atoms with Crippen LogP contribution in [0.5, 0.6) is 5.75 Å². The van der Waals surface area contributed by atoms with Crippen molar-refractivity contribution in [1.29, 1.82) is 0 Å². The first-order valence-electron chi connectivity index (χ1n) is 10.8. The summed E-state index contributed by atoms with van der Waals surface area (Å²) in [6, 6.07) is 7.57. The molecule has 2 N–H and O–H groups in total. The van der Waals surface area contributed by atoms with Gasteiger partial charge in [-0.25, -0.2) is 5.43 Å². The van der Waals surface area contributed by atoms with Crippen LogP contribution in [0, 0.1) is 0 Å². The maximum absolute atomic E-state index is 12.0. The highest BCUT2D eigenvalue weighted by Crippen LogP contribution is 2.17. The molecule has 1 aromatic carbocycles. The SMILES string of the molecule is O=C(CN1CCCCC1)N/N=C\c1ccc(OCC(=O)NC2CCCCC2)cc1. The molecule has 0 bridgehead atoms. The molecule has 2 aliphatic rings. The molecule has 1 heterocycles. The summed E-state index contributed by atoms with van der Waals surface area (Å²) in [5, 5.41) is 7.06. The Morgan fingerprint density at radius 2 is 1.69 bits per heavy atom. The minimum Gasteiger partial charge on any atom is -0.484 e. The van der Waals surface area contributed by atoms with Gasteiger partial charge in [0.2, 0.25) is 0 Å². The van der Waals surface area contributed by atoms with Crippen molar-refractivity contribution < 1.29 is 14.3 Å². The topological polar surface area (TPSA) is 83.0 Å². The molecule has 0 spiro atoms. The lowest BCUT2D eigenvalue weighted by Crippen LogP contribution is -2.38. The van der Waals surface area contributed by atoms with Gasteiger partial charge in [0, 0.05) is 6.04 Å². The van der Waals surface area contributed by atoms with Crippen molar-refractivity contribution in [2.45, 2.75) is 57.4 Å². The molecular formula is C22H32N4O3. The van der Waals surface area contributed by atoms with Crippen molar-refractivity contribution >= 4 is 18.0 Å². The number of carbonyl (C=O) groups is 2. The van der Waals surface area contributed by atoms with E-state index in [0.29, 0.717) is 18.3 Å². The van der Waals surface area contributed by atoms with Crippen LogP contribution in [0.25, 0.3) is 0 Å². The van der Waals surface area contributed by atoms with Gasteiger partial charge in [-0.1, -0.05) is 25.7 Å². The smallest absolute Gasteiger partial charge is 0.258 e. The number of nitrogens with zero attached hydrogens (tertiary/aromatic N) is 2. The molecule has 3 rings (SSSR count). The molecule has 0 aromatic heterocycles. The minimum absolute atomic E-state index is 0.0243. The Balaban J connectivity index is 1.35. The molecule has 1 aliphatic heterocycles. The predicted octanol–water partition coefficient (Wildman–Crippen LogP) is 2.45. The average molecular weight is 401 g/mol. The summed E-state index contributed by atoms with van der Waals surface area (Å²) in [5.41, 5.74) is 3.43. The highest BCUT2D eigenvalue weighted by molar-refractivity contribution is 5.83. The lowest BCUT2D eigenvalue weighted by atomic mass is 9.95. The number of carbonyl (C=O) groups excluding carboxylic acids is 2. The molecule has 1 aliphatic carbocycles. The van der Waals surface area contributed by atoms with Crippen molar-refractivity contribution in [2.24, 2.45) is 5.10 Å². The maximum Gasteiger partial charge on any atom is 0.258 e. The fraction of sp³-hybridized carbons (Fsp3) is 0.591. The summed E-state index contributed by atoms with van der Waals surface area (Å²) in [6.45, 7) is 2.39. The van der Waals surface area contributed by atoms with Crippen LogP contribution in [0.1, 0.15) is 56.9 Å². The zero-order valence-electron chi connectivity index (χ0n) is 17.1. The van der Waals surface area contributed by atoms with Crippen molar-refractivity contribution in [3.05, 3.63) is 29.8 Å². The van der Waals surface area contributed by atoms with Crippen LogP contribution in [0.2, 0.25) is 0 Å². The van der Waals surface area contributed by atoms with E-state index in [9.17, 15) is 9.59 Å². The van der Waals surface area contributed by atoms with Crippen LogP contribution in [0.15, 0.2) is 29.4 Å². The van der Waals surface area contributed by atoms with Gasteiger partial charge < -0.3 is 10.1 Å². The second kappa shape index (κ2) is 11.6. The number of hydrogen-bond donors (Lipinski definition) is 2. The van der Waals surface area contributed by atoms with E-state index in [1.807, 2.05) is 12.1 Å². The summed E-state index contributed by atoms with van der Waals surface area (Å²) < 4.78 is 5.56. The van der Waals surface area contributed by atoms with E-state index in [2.05, 4.69) is 20.7 Å². The molecule has 0 atom stereocenters. The van der Waals surface area contributed by atoms with Gasteiger partial charge >= 0.3 is 0 Å². The second-order valence-electron chi connectivity index (χ2n) is 7.89. The third kappa shape index (κ3) is 7.85. The first-order valence-corrected chi connectivity index (χ1v) is 10.8. The highest BCUT2D eigenvalue weighted by Gasteiger charge is 2.16. The Bertz CT molecular complexity index is 678. The molecular weight excluding hydrogens is 368 g/mol. The van der Waals surface area contributed by atoms with E-state index in [1.165, 1.54) is 25.7 Å². The van der Waals surface area contributed by atoms with Gasteiger partial charge in [-0.15, -0.1) is 0 Å². The van der Waals surface area contributed by atoms with Crippen LogP contribution in [0.4, 0.5) is 0 Å². The van der Waals surface area contributed by atoms with Crippen LogP contribution in [-0.4, -0.2) is 55.2 Å². The van der Waals surface area contributed by atoms with Gasteiger partial charge in [-0.2, -0.15) is 5.10 Å². The number of likely N-dealkylation sites (tertiary alicyclic amines) is 1. The third-order valence-corrected chi connectivity index (χ3v) is 5.44. The molecule has 1 aromatic rings. The standard InChI is InChI=1S/C22H32N4O3/c27-21(16-26-13-5-2-6-14-26)25-23-15-18-9-11-20(12-10-18)29-17-22(28)24-19-7-3-1-4-8-19/h9-12,15,19H,1-8,13-14,16-17H2,(H,24,28)(H,25,27)/b23-15-. The number of benzene rings is 1. The number of hydrazone groups is 1. The van der Waals surface area contributed by atoms with E-state index >= 15 is 0 Å². The molecule has 1 saturated heterocycles. The van der Waals surface area contributed by atoms with Gasteiger partial charge in [-0.3, -0.25) is 14.5 Å². The Hall–Kier alpha value is -2.41. The summed E-state index contributed by atoms with van der Waals surface area (Å²) >= 11 is 0. The number of piperidine rings is 1. The molecule has 1 saturated carbocycles. The first-order chi connectivity index (χ1) is 14.2. The van der Waals surface area contributed by atoms with E-state index in [-0.39, 0.29) is 18.4 Å². The Labute approximate surface area is 172 Å². The normalized spacial score (nSPS) is 18.5. The molecule has 2 fully saturated rings. The molecule has 29 heavy (non-hydrogen) atoms. The maximum atomic E-state index is 12.0. The molecule has 0 radical (unpaired) electrons. The van der Waals surface area contributed by atoms with Crippen LogP contribution in [-0.2, 0) is 9.59 Å². The minimum atomic E-state index is -0.0907. The molecule has 7 heteroatoms. The van der Waals surface area contributed by atoms with Gasteiger partial charge in [0.25, 0.3) is 11.8 Å². The Morgan fingerprint density at radius 3 is 2.41 bits per heavy atom. The first kappa shape index (κ1) is 21.3. The average Bonchev–Trinajstić information content (AvgIpc) is 2.75. The lowest BCUT2D eigenvalue weighted by molar-refractivity contribution is -0.124. The Kier molecular flexibility index (Phi) is 8.49. The van der Waals surface area contributed by atoms with Crippen molar-refractivity contribution in [3.63, 3.8) is 0 Å². The fourth-order valence-corrected chi connectivity index (χ4v) is 3.85. The molecule has 7 nitrogen and oxygen atoms in total. The monoisotopic (exact) mass is 400 g/mol. The van der Waals surface area contributed by atoms with Gasteiger partial charge in [0.15, 0.2) is 6.61 Å². The van der Waals surface area contributed by atoms with E-state index < -0.39 is 0 Å².